The average molecular weight is 585 g/mol. The van der Waals surface area contributed by atoms with Crippen LogP contribution in [0, 0.1) is 0 Å². The summed E-state index contributed by atoms with van der Waals surface area (Å²) in [6.07, 6.45) is 3.41. The maximum Gasteiger partial charge on any atom is 0.335 e. The first-order valence-corrected chi connectivity index (χ1v) is 13.2. The summed E-state index contributed by atoms with van der Waals surface area (Å²) in [4.78, 5) is 36.2. The van der Waals surface area contributed by atoms with Crippen molar-refractivity contribution >= 4 is 46.9 Å². The van der Waals surface area contributed by atoms with Gasteiger partial charge in [0.1, 0.15) is 24.6 Å². The number of aromatic nitrogens is 3. The molecule has 12 heteroatoms. The Hall–Kier alpha value is -5.29. The summed E-state index contributed by atoms with van der Waals surface area (Å²) < 4.78 is 7.21. The number of carboxylic acids is 1. The Morgan fingerprint density at radius 2 is 1.74 bits per heavy atom. The molecule has 0 unspecified atom stereocenters. The number of nitrogens with one attached hydrogen (secondary N) is 1. The third-order valence-corrected chi connectivity index (χ3v) is 6.55. The minimum absolute atomic E-state index is 0.0273. The molecule has 2 heterocycles. The van der Waals surface area contributed by atoms with Crippen LogP contribution in [0.1, 0.15) is 34.1 Å². The maximum absolute atomic E-state index is 13.0. The number of anilines is 1. The molecule has 42 heavy (non-hydrogen) atoms. The number of amides is 2. The topological polar surface area (TPSA) is 139 Å². The Bertz CT molecular complexity index is 1680. The molecule has 0 aliphatic carbocycles. The minimum Gasteiger partial charge on any atom is -0.487 e. The van der Waals surface area contributed by atoms with Crippen LogP contribution >= 0.6 is 11.6 Å². The molecule has 212 valence electrons. The summed E-state index contributed by atoms with van der Waals surface area (Å²) in [5, 5.41) is 26.1. The molecule has 1 aromatic heterocycles. The molecule has 5 rings (SSSR count). The van der Waals surface area contributed by atoms with Gasteiger partial charge in [-0.05, 0) is 72.7 Å². The molecule has 0 saturated carbocycles. The highest BCUT2D eigenvalue weighted by molar-refractivity contribution is 6.32. The van der Waals surface area contributed by atoms with Crippen molar-refractivity contribution < 1.29 is 24.2 Å². The first kappa shape index (κ1) is 28.2. The molecule has 4 aromatic rings. The first-order chi connectivity index (χ1) is 20.2. The predicted octanol–water partition coefficient (Wildman–Crippen LogP) is 4.33. The lowest BCUT2D eigenvalue weighted by atomic mass is 10.1. The van der Waals surface area contributed by atoms with Crippen LogP contribution in [0.25, 0.3) is 6.08 Å². The van der Waals surface area contributed by atoms with Crippen molar-refractivity contribution in [2.75, 3.05) is 5.01 Å². The van der Waals surface area contributed by atoms with E-state index in [1.807, 2.05) is 12.1 Å². The summed E-state index contributed by atoms with van der Waals surface area (Å²) in [5.41, 5.74) is 4.07. The van der Waals surface area contributed by atoms with E-state index in [0.717, 1.165) is 11.1 Å². The lowest BCUT2D eigenvalue weighted by Gasteiger charge is -2.11. The predicted molar refractivity (Wildman–Crippen MR) is 156 cm³/mol. The summed E-state index contributed by atoms with van der Waals surface area (Å²) >= 11 is 5.95. The Balaban J connectivity index is 1.11. The number of halogens is 1. The lowest BCUT2D eigenvalue weighted by Crippen LogP contribution is -2.27. The van der Waals surface area contributed by atoms with Gasteiger partial charge in [0.25, 0.3) is 5.91 Å². The quantitative estimate of drug-likeness (QED) is 0.264. The highest BCUT2D eigenvalue weighted by atomic mass is 35.5. The number of nitrogens with zero attached hydrogens (tertiary/aromatic N) is 5. The second-order valence-electron chi connectivity index (χ2n) is 9.38. The normalized spacial score (nSPS) is 13.8. The van der Waals surface area contributed by atoms with E-state index in [2.05, 4.69) is 20.7 Å². The van der Waals surface area contributed by atoms with Crippen LogP contribution in [0.4, 0.5) is 5.69 Å². The molecule has 1 aliphatic heterocycles. The van der Waals surface area contributed by atoms with E-state index in [9.17, 15) is 14.4 Å². The fraction of sp³-hybridized carbons (Fsp3) is 0.133. The van der Waals surface area contributed by atoms with Crippen molar-refractivity contribution in [1.82, 2.24) is 20.3 Å². The lowest BCUT2D eigenvalue weighted by molar-refractivity contribution is -0.122. The van der Waals surface area contributed by atoms with Crippen LogP contribution in [0.3, 0.4) is 0 Å². The van der Waals surface area contributed by atoms with Crippen molar-refractivity contribution in [3.63, 3.8) is 0 Å². The van der Waals surface area contributed by atoms with Crippen LogP contribution < -0.4 is 15.1 Å². The molecule has 11 nitrogen and oxygen atoms in total. The van der Waals surface area contributed by atoms with Gasteiger partial charge in [-0.15, -0.1) is 5.10 Å². The van der Waals surface area contributed by atoms with Crippen molar-refractivity contribution in [3.05, 3.63) is 112 Å². The smallest absolute Gasteiger partial charge is 0.335 e. The van der Waals surface area contributed by atoms with E-state index in [4.69, 9.17) is 21.4 Å². The van der Waals surface area contributed by atoms with Gasteiger partial charge < -0.3 is 15.2 Å². The largest absolute Gasteiger partial charge is 0.487 e. The third kappa shape index (κ3) is 6.88. The van der Waals surface area contributed by atoms with Gasteiger partial charge >= 0.3 is 5.97 Å². The van der Waals surface area contributed by atoms with E-state index < -0.39 is 5.97 Å². The number of benzene rings is 3. The van der Waals surface area contributed by atoms with Gasteiger partial charge in [0, 0.05) is 11.6 Å². The molecule has 3 aromatic carbocycles. The summed E-state index contributed by atoms with van der Waals surface area (Å²) in [6.45, 7) is 2.17. The highest BCUT2D eigenvalue weighted by Gasteiger charge is 2.28. The monoisotopic (exact) mass is 584 g/mol. The molecule has 0 atom stereocenters. The van der Waals surface area contributed by atoms with Gasteiger partial charge in [0.05, 0.1) is 28.7 Å². The van der Waals surface area contributed by atoms with E-state index >= 15 is 0 Å². The average Bonchev–Trinajstić information content (AvgIpc) is 3.55. The summed E-state index contributed by atoms with van der Waals surface area (Å²) in [7, 11) is 0. The number of hydrogen-bond donors (Lipinski definition) is 2. The van der Waals surface area contributed by atoms with Gasteiger partial charge in [-0.3, -0.25) is 9.59 Å². The van der Waals surface area contributed by atoms with E-state index in [1.54, 1.807) is 67.7 Å². The Morgan fingerprint density at radius 3 is 2.43 bits per heavy atom. The van der Waals surface area contributed by atoms with Gasteiger partial charge in [-0.2, -0.15) is 10.1 Å². The van der Waals surface area contributed by atoms with Crippen LogP contribution in [0.5, 0.6) is 5.75 Å². The summed E-state index contributed by atoms with van der Waals surface area (Å²) in [5.74, 6) is -0.890. The second-order valence-corrected chi connectivity index (χ2v) is 9.82. The van der Waals surface area contributed by atoms with Gasteiger partial charge in [0.2, 0.25) is 5.91 Å². The number of hydrogen-bond acceptors (Lipinski definition) is 7. The molecule has 2 N–H and O–H groups in total. The Labute approximate surface area is 245 Å². The number of carbonyl (C=O) groups is 3. The zero-order valence-corrected chi connectivity index (χ0v) is 23.2. The minimum atomic E-state index is -1.00. The third-order valence-electron chi connectivity index (χ3n) is 6.29. The van der Waals surface area contributed by atoms with E-state index in [-0.39, 0.29) is 37.1 Å². The van der Waals surface area contributed by atoms with Crippen LogP contribution in [-0.4, -0.2) is 43.6 Å². The van der Waals surface area contributed by atoms with Crippen LogP contribution in [-0.2, 0) is 29.3 Å². The fourth-order valence-electron chi connectivity index (χ4n) is 4.08. The number of aromatic carboxylic acids is 1. The SMILES string of the molecule is CC1=NN(c2ccc(Cl)cc2)C(=O)/C1=C\c1ccc(OCc2cn(CC(=O)NCc3ccc(C(=O)O)cc3)nn2)cc1. The molecule has 0 spiro atoms. The molecule has 0 fully saturated rings. The fourth-order valence-corrected chi connectivity index (χ4v) is 4.20. The number of ether oxygens (including phenoxy) is 1. The molecular weight excluding hydrogens is 560 g/mol. The van der Waals surface area contributed by atoms with E-state index in [1.165, 1.54) is 21.8 Å². The summed E-state index contributed by atoms with van der Waals surface area (Å²) in [6, 6.07) is 20.4. The van der Waals surface area contributed by atoms with Crippen molar-refractivity contribution in [2.45, 2.75) is 26.6 Å². The standard InChI is InChI=1S/C30H25ClN6O5/c1-19-27(29(39)37(34-19)25-10-8-23(31)9-11-25)14-20-4-12-26(13-5-20)42-18-24-16-36(35-33-24)17-28(38)32-15-21-2-6-22(7-3-21)30(40)41/h2-14,16H,15,17-18H2,1H3,(H,32,38)(H,40,41)/b27-14-. The van der Waals surface area contributed by atoms with Crippen LogP contribution in [0.2, 0.25) is 5.02 Å². The van der Waals surface area contributed by atoms with Crippen molar-refractivity contribution in [3.8, 4) is 5.75 Å². The zero-order valence-electron chi connectivity index (χ0n) is 22.4. The molecule has 0 bridgehead atoms. The van der Waals surface area contributed by atoms with Gasteiger partial charge in [-0.1, -0.05) is 41.1 Å². The van der Waals surface area contributed by atoms with E-state index in [0.29, 0.717) is 33.4 Å². The number of hydrazone groups is 1. The zero-order chi connectivity index (χ0) is 29.6. The number of carboxylic acid groups (broad SMARTS) is 1. The van der Waals surface area contributed by atoms with Crippen LogP contribution in [0.15, 0.2) is 89.7 Å². The van der Waals surface area contributed by atoms with Crippen molar-refractivity contribution in [1.29, 1.82) is 0 Å². The molecule has 2 amide bonds. The van der Waals surface area contributed by atoms with Gasteiger partial charge in [-0.25, -0.2) is 9.48 Å². The molecule has 0 radical (unpaired) electrons. The number of carbonyl (C=O) groups excluding carboxylic acids is 2. The Morgan fingerprint density at radius 1 is 1.02 bits per heavy atom. The molecule has 1 aliphatic rings. The van der Waals surface area contributed by atoms with Gasteiger partial charge in [0.15, 0.2) is 0 Å². The van der Waals surface area contributed by atoms with Crippen molar-refractivity contribution in [2.24, 2.45) is 5.10 Å². The Kier molecular flexibility index (Phi) is 8.39. The maximum atomic E-state index is 13.0. The molecular formula is C30H25ClN6O5. The number of rotatable bonds is 10. The highest BCUT2D eigenvalue weighted by Crippen LogP contribution is 2.26. The second kappa shape index (κ2) is 12.5. The molecule has 0 saturated heterocycles. The first-order valence-electron chi connectivity index (χ1n) is 12.8.